The molecule has 1 saturated carbocycles. The van der Waals surface area contributed by atoms with Gasteiger partial charge in [0.15, 0.2) is 0 Å². The Bertz CT molecular complexity index is 407. The van der Waals surface area contributed by atoms with Crippen molar-refractivity contribution < 1.29 is 5.11 Å². The fourth-order valence-electron chi connectivity index (χ4n) is 2.89. The molecule has 0 heterocycles. The number of phenols is 1. The lowest BCUT2D eigenvalue weighted by atomic mass is 9.86. The van der Waals surface area contributed by atoms with Crippen molar-refractivity contribution in [3.63, 3.8) is 0 Å². The lowest BCUT2D eigenvalue weighted by molar-refractivity contribution is 0.156. The van der Waals surface area contributed by atoms with Crippen LogP contribution in [-0.4, -0.2) is 23.1 Å². The normalized spacial score (nSPS) is 24.4. The first-order valence-electron chi connectivity index (χ1n) is 6.74. The average Bonchev–Trinajstić information content (AvgIpc) is 2.35. The molecule has 2 nitrogen and oxygen atoms in total. The highest BCUT2D eigenvalue weighted by molar-refractivity contribution is 9.10. The Kier molecular flexibility index (Phi) is 4.68. The fourth-order valence-corrected chi connectivity index (χ4v) is 3.30. The molecular formula is C15H22BrNO. The first-order chi connectivity index (χ1) is 8.58. The second-order valence-corrected chi connectivity index (χ2v) is 6.44. The van der Waals surface area contributed by atoms with Gasteiger partial charge in [-0.3, -0.25) is 4.90 Å². The molecule has 0 radical (unpaired) electrons. The van der Waals surface area contributed by atoms with E-state index < -0.39 is 0 Å². The van der Waals surface area contributed by atoms with Crippen LogP contribution in [0.25, 0.3) is 0 Å². The molecule has 18 heavy (non-hydrogen) atoms. The van der Waals surface area contributed by atoms with Crippen molar-refractivity contribution in [3.05, 3.63) is 28.2 Å². The lowest BCUT2D eigenvalue weighted by Gasteiger charge is -2.34. The molecule has 3 heteroatoms. The molecule has 1 N–H and O–H groups in total. The van der Waals surface area contributed by atoms with E-state index in [-0.39, 0.29) is 0 Å². The van der Waals surface area contributed by atoms with Crippen molar-refractivity contribution in [2.75, 3.05) is 7.05 Å². The molecular weight excluding hydrogens is 290 g/mol. The number of phenolic OH excluding ortho intramolecular Hbond substituents is 1. The Balaban J connectivity index is 2.02. The summed E-state index contributed by atoms with van der Waals surface area (Å²) in [7, 11) is 2.17. The van der Waals surface area contributed by atoms with Crippen LogP contribution in [0.2, 0.25) is 0 Å². The largest absolute Gasteiger partial charge is 0.506 e. The predicted octanol–water partition coefficient (Wildman–Crippen LogP) is 4.17. The molecule has 2 unspecified atom stereocenters. The maximum absolute atomic E-state index is 10.0. The predicted molar refractivity (Wildman–Crippen MR) is 78.7 cm³/mol. The Morgan fingerprint density at radius 2 is 2.17 bits per heavy atom. The third-order valence-electron chi connectivity index (χ3n) is 4.02. The summed E-state index contributed by atoms with van der Waals surface area (Å²) in [6.07, 6.45) is 5.27. The number of aromatic hydroxyl groups is 1. The summed E-state index contributed by atoms with van der Waals surface area (Å²) >= 11 is 3.37. The van der Waals surface area contributed by atoms with Crippen LogP contribution in [0.1, 0.15) is 38.2 Å². The monoisotopic (exact) mass is 311 g/mol. The fraction of sp³-hybridized carbons (Fsp3) is 0.600. The Morgan fingerprint density at radius 1 is 1.39 bits per heavy atom. The SMILES string of the molecule is CC1CCCC(N(C)Cc2cccc(Br)c2O)C1. The van der Waals surface area contributed by atoms with Crippen molar-refractivity contribution in [1.29, 1.82) is 0 Å². The molecule has 1 fully saturated rings. The Morgan fingerprint density at radius 3 is 2.89 bits per heavy atom. The average molecular weight is 312 g/mol. The highest BCUT2D eigenvalue weighted by Gasteiger charge is 2.22. The maximum Gasteiger partial charge on any atom is 0.134 e. The van der Waals surface area contributed by atoms with E-state index in [0.29, 0.717) is 11.8 Å². The van der Waals surface area contributed by atoms with Gasteiger partial charge in [-0.25, -0.2) is 0 Å². The summed E-state index contributed by atoms with van der Waals surface area (Å²) in [6, 6.07) is 6.52. The third-order valence-corrected chi connectivity index (χ3v) is 4.66. The van der Waals surface area contributed by atoms with Crippen molar-refractivity contribution in [1.82, 2.24) is 4.90 Å². The highest BCUT2D eigenvalue weighted by Crippen LogP contribution is 2.31. The summed E-state index contributed by atoms with van der Waals surface area (Å²) in [5, 5.41) is 10.0. The molecule has 100 valence electrons. The highest BCUT2D eigenvalue weighted by atomic mass is 79.9. The van der Waals surface area contributed by atoms with E-state index in [0.717, 1.165) is 22.5 Å². The summed E-state index contributed by atoms with van der Waals surface area (Å²) in [4.78, 5) is 2.39. The van der Waals surface area contributed by atoms with Crippen LogP contribution in [-0.2, 0) is 6.54 Å². The molecule has 1 aliphatic rings. The van der Waals surface area contributed by atoms with Gasteiger partial charge in [0.05, 0.1) is 4.47 Å². The molecule has 1 aromatic carbocycles. The molecule has 0 spiro atoms. The van der Waals surface area contributed by atoms with Crippen molar-refractivity contribution in [2.45, 2.75) is 45.2 Å². The van der Waals surface area contributed by atoms with E-state index in [2.05, 4.69) is 34.8 Å². The van der Waals surface area contributed by atoms with Crippen LogP contribution >= 0.6 is 15.9 Å². The Hall–Kier alpha value is -0.540. The van der Waals surface area contributed by atoms with E-state index in [4.69, 9.17) is 0 Å². The summed E-state index contributed by atoms with van der Waals surface area (Å²) in [5.41, 5.74) is 1.00. The molecule has 1 aromatic rings. The van der Waals surface area contributed by atoms with Crippen LogP contribution in [0, 0.1) is 5.92 Å². The van der Waals surface area contributed by atoms with Crippen molar-refractivity contribution in [2.24, 2.45) is 5.92 Å². The van der Waals surface area contributed by atoms with E-state index in [9.17, 15) is 5.11 Å². The summed E-state index contributed by atoms with van der Waals surface area (Å²) in [6.45, 7) is 3.17. The van der Waals surface area contributed by atoms with Crippen LogP contribution in [0.3, 0.4) is 0 Å². The maximum atomic E-state index is 10.0. The van der Waals surface area contributed by atoms with E-state index in [1.165, 1.54) is 25.7 Å². The number of hydrogen-bond donors (Lipinski definition) is 1. The summed E-state index contributed by atoms with van der Waals surface area (Å²) < 4.78 is 0.783. The second kappa shape index (κ2) is 6.07. The molecule has 0 saturated heterocycles. The third kappa shape index (κ3) is 3.27. The van der Waals surface area contributed by atoms with E-state index in [1.54, 1.807) is 0 Å². The number of nitrogens with zero attached hydrogens (tertiary/aromatic N) is 1. The lowest BCUT2D eigenvalue weighted by Crippen LogP contribution is -2.35. The van der Waals surface area contributed by atoms with E-state index in [1.807, 2.05) is 18.2 Å². The second-order valence-electron chi connectivity index (χ2n) is 5.59. The van der Waals surface area contributed by atoms with Gasteiger partial charge in [0, 0.05) is 18.2 Å². The molecule has 2 atom stereocenters. The van der Waals surface area contributed by atoms with Crippen LogP contribution in [0.4, 0.5) is 0 Å². The van der Waals surface area contributed by atoms with E-state index >= 15 is 0 Å². The summed E-state index contributed by atoms with van der Waals surface area (Å²) in [5.74, 6) is 1.22. The van der Waals surface area contributed by atoms with Gasteiger partial charge in [-0.05, 0) is 47.8 Å². The van der Waals surface area contributed by atoms with Crippen LogP contribution < -0.4 is 0 Å². The molecule has 2 rings (SSSR count). The smallest absolute Gasteiger partial charge is 0.134 e. The first kappa shape index (κ1) is 13.9. The molecule has 0 aliphatic heterocycles. The van der Waals surface area contributed by atoms with Gasteiger partial charge >= 0.3 is 0 Å². The van der Waals surface area contributed by atoms with Gasteiger partial charge in [0.2, 0.25) is 0 Å². The van der Waals surface area contributed by atoms with Crippen LogP contribution in [0.15, 0.2) is 22.7 Å². The quantitative estimate of drug-likeness (QED) is 0.905. The van der Waals surface area contributed by atoms with Gasteiger partial charge in [0.1, 0.15) is 5.75 Å². The zero-order chi connectivity index (χ0) is 13.1. The Labute approximate surface area is 118 Å². The minimum atomic E-state index is 0.383. The van der Waals surface area contributed by atoms with Crippen molar-refractivity contribution in [3.8, 4) is 5.75 Å². The van der Waals surface area contributed by atoms with Gasteiger partial charge in [0.25, 0.3) is 0 Å². The van der Waals surface area contributed by atoms with Gasteiger partial charge < -0.3 is 5.11 Å². The first-order valence-corrected chi connectivity index (χ1v) is 7.54. The van der Waals surface area contributed by atoms with Crippen LogP contribution in [0.5, 0.6) is 5.75 Å². The van der Waals surface area contributed by atoms with Gasteiger partial charge in [-0.15, -0.1) is 0 Å². The standard InChI is InChI=1S/C15H22BrNO/c1-11-5-3-7-13(9-11)17(2)10-12-6-4-8-14(16)15(12)18/h4,6,8,11,13,18H,3,5,7,9-10H2,1-2H3. The minimum Gasteiger partial charge on any atom is -0.506 e. The van der Waals surface area contributed by atoms with Crippen molar-refractivity contribution >= 4 is 15.9 Å². The molecule has 0 aromatic heterocycles. The number of halogens is 1. The molecule has 0 bridgehead atoms. The van der Waals surface area contributed by atoms with Gasteiger partial charge in [-0.2, -0.15) is 0 Å². The number of para-hydroxylation sites is 1. The topological polar surface area (TPSA) is 23.5 Å². The minimum absolute atomic E-state index is 0.383. The number of rotatable bonds is 3. The van der Waals surface area contributed by atoms with Gasteiger partial charge in [-0.1, -0.05) is 31.9 Å². The zero-order valence-corrected chi connectivity index (χ0v) is 12.8. The molecule has 0 amide bonds. The zero-order valence-electron chi connectivity index (χ0n) is 11.2. The number of hydrogen-bond acceptors (Lipinski definition) is 2. The number of benzene rings is 1. The molecule has 1 aliphatic carbocycles.